The minimum absolute atomic E-state index is 0.902. The number of benzene rings is 11. The molecule has 0 amide bonds. The number of hydrogen-bond donors (Lipinski definition) is 0. The second-order valence-corrected chi connectivity index (χ2v) is 19.0. The van der Waals surface area contributed by atoms with E-state index in [-0.39, 0.29) is 0 Å². The van der Waals surface area contributed by atoms with Gasteiger partial charge >= 0.3 is 0 Å². The van der Waals surface area contributed by atoms with E-state index in [4.69, 9.17) is 4.42 Å². The third kappa shape index (κ3) is 5.64. The maximum absolute atomic E-state index is 6.78. The summed E-state index contributed by atoms with van der Waals surface area (Å²) in [5.74, 6) is 0. The first-order valence-corrected chi connectivity index (χ1v) is 23.2. The average molecular weight is 817 g/mol. The lowest BCUT2D eigenvalue weighted by molar-refractivity contribution is 0.669. The molecule has 1 aromatic heterocycles. The summed E-state index contributed by atoms with van der Waals surface area (Å²) in [6, 6.07) is 84.4. The van der Waals surface area contributed by atoms with Gasteiger partial charge in [-0.25, -0.2) is 0 Å². The second kappa shape index (κ2) is 14.3. The average Bonchev–Trinajstić information content (AvgIpc) is 3.92. The van der Waals surface area contributed by atoms with Crippen LogP contribution in [0.4, 0.5) is 17.1 Å². The zero-order chi connectivity index (χ0) is 41.4. The van der Waals surface area contributed by atoms with Crippen LogP contribution in [0.15, 0.2) is 235 Å². The van der Waals surface area contributed by atoms with Crippen molar-refractivity contribution in [3.8, 4) is 33.4 Å². The van der Waals surface area contributed by atoms with E-state index in [1.165, 1.54) is 75.5 Å². The Morgan fingerprint density at radius 3 is 1.75 bits per heavy atom. The van der Waals surface area contributed by atoms with E-state index >= 15 is 0 Å². The van der Waals surface area contributed by atoms with Crippen molar-refractivity contribution in [2.75, 3.05) is 4.90 Å². The monoisotopic (exact) mass is 816 g/mol. The van der Waals surface area contributed by atoms with Gasteiger partial charge in [0.1, 0.15) is 11.2 Å². The fourth-order valence-electron chi connectivity index (χ4n) is 10.3. The Kier molecular flexibility index (Phi) is 8.12. The Bertz CT molecular complexity index is 3720. The molecule has 2 nitrogen and oxygen atoms in total. The number of hydrogen-bond acceptors (Lipinski definition) is 2. The molecule has 0 aliphatic carbocycles. The highest BCUT2D eigenvalue weighted by Crippen LogP contribution is 2.46. The molecule has 293 valence electrons. The smallest absolute Gasteiger partial charge is 0.156 e. The molecule has 0 atom stereocenters. The molecule has 13 rings (SSSR count). The fourth-order valence-corrected chi connectivity index (χ4v) is 13.2. The molecule has 1 aliphatic heterocycles. The van der Waals surface area contributed by atoms with Gasteiger partial charge in [-0.2, -0.15) is 0 Å². The molecule has 1 radical (unpaired) electrons. The van der Waals surface area contributed by atoms with Crippen molar-refractivity contribution in [1.82, 2.24) is 0 Å². The van der Waals surface area contributed by atoms with Crippen molar-refractivity contribution >= 4 is 95.7 Å². The molecule has 0 saturated heterocycles. The van der Waals surface area contributed by atoms with E-state index in [1.807, 2.05) is 0 Å². The van der Waals surface area contributed by atoms with Gasteiger partial charge < -0.3 is 9.32 Å². The highest BCUT2D eigenvalue weighted by molar-refractivity contribution is 6.99. The number of furan rings is 1. The Balaban J connectivity index is 1.00. The number of rotatable bonds is 6. The van der Waals surface area contributed by atoms with Crippen molar-refractivity contribution in [2.24, 2.45) is 0 Å². The number of fused-ring (bicyclic) bond motifs is 12. The van der Waals surface area contributed by atoms with Gasteiger partial charge in [0.2, 0.25) is 0 Å². The number of anilines is 3. The predicted octanol–water partition coefficient (Wildman–Crippen LogP) is 14.3. The van der Waals surface area contributed by atoms with Gasteiger partial charge in [0, 0.05) is 32.9 Å². The molecule has 0 saturated carbocycles. The molecule has 12 aromatic rings. The van der Waals surface area contributed by atoms with Crippen molar-refractivity contribution in [3.05, 3.63) is 231 Å². The fraction of sp³-hybridized carbons (Fsp3) is 0. The minimum atomic E-state index is -1.19. The minimum Gasteiger partial charge on any atom is -0.456 e. The second-order valence-electron chi connectivity index (χ2n) is 16.5. The van der Waals surface area contributed by atoms with Crippen LogP contribution in [-0.2, 0) is 0 Å². The van der Waals surface area contributed by atoms with E-state index in [9.17, 15) is 0 Å². The van der Waals surface area contributed by atoms with Crippen LogP contribution >= 0.6 is 0 Å². The van der Waals surface area contributed by atoms with Crippen LogP contribution < -0.4 is 20.5 Å². The summed E-state index contributed by atoms with van der Waals surface area (Å²) in [4.78, 5) is 2.42. The molecular weight excluding hydrogens is 779 g/mol. The number of nitrogens with zero attached hydrogens (tertiary/aromatic N) is 1. The quantitative estimate of drug-likeness (QED) is 0.123. The topological polar surface area (TPSA) is 16.4 Å². The lowest BCUT2D eigenvalue weighted by Gasteiger charge is -2.28. The van der Waals surface area contributed by atoms with Gasteiger partial charge in [0.25, 0.3) is 0 Å². The van der Waals surface area contributed by atoms with Crippen LogP contribution in [0.5, 0.6) is 0 Å². The molecule has 2 heterocycles. The van der Waals surface area contributed by atoms with Crippen LogP contribution in [-0.4, -0.2) is 8.80 Å². The summed E-state index contributed by atoms with van der Waals surface area (Å²) in [6.07, 6.45) is 0. The molecule has 0 fully saturated rings. The summed E-state index contributed by atoms with van der Waals surface area (Å²) < 4.78 is 6.78. The van der Waals surface area contributed by atoms with E-state index in [0.717, 1.165) is 44.7 Å². The molecule has 1 aliphatic rings. The lowest BCUT2D eigenvalue weighted by Crippen LogP contribution is -2.48. The first-order chi connectivity index (χ1) is 31.3. The summed E-state index contributed by atoms with van der Waals surface area (Å²) in [6.45, 7) is 0. The third-order valence-corrected chi connectivity index (χ3v) is 15.9. The van der Waals surface area contributed by atoms with E-state index in [0.29, 0.717) is 0 Å². The van der Waals surface area contributed by atoms with Crippen molar-refractivity contribution in [3.63, 3.8) is 0 Å². The maximum Gasteiger partial charge on any atom is 0.156 e. The summed E-state index contributed by atoms with van der Waals surface area (Å²) in [5, 5.41) is 14.1. The van der Waals surface area contributed by atoms with Crippen LogP contribution in [0.3, 0.4) is 0 Å². The van der Waals surface area contributed by atoms with Gasteiger partial charge in [0.15, 0.2) is 8.80 Å². The third-order valence-electron chi connectivity index (χ3n) is 13.1. The van der Waals surface area contributed by atoms with Gasteiger partial charge in [0.05, 0.1) is 5.69 Å². The molecule has 63 heavy (non-hydrogen) atoms. The summed E-state index contributed by atoms with van der Waals surface area (Å²) in [7, 11) is -1.19. The molecule has 3 heteroatoms. The highest BCUT2D eigenvalue weighted by Gasteiger charge is 2.34. The van der Waals surface area contributed by atoms with E-state index in [1.54, 1.807) is 0 Å². The van der Waals surface area contributed by atoms with E-state index in [2.05, 4.69) is 235 Å². The Morgan fingerprint density at radius 2 is 0.952 bits per heavy atom. The Hall–Kier alpha value is -7.98. The normalized spacial score (nSPS) is 12.4. The first kappa shape index (κ1) is 35.7. The largest absolute Gasteiger partial charge is 0.456 e. The summed E-state index contributed by atoms with van der Waals surface area (Å²) >= 11 is 0. The molecular formula is C60H38NOSi. The van der Waals surface area contributed by atoms with E-state index < -0.39 is 8.80 Å². The van der Waals surface area contributed by atoms with Crippen molar-refractivity contribution in [2.45, 2.75) is 0 Å². The van der Waals surface area contributed by atoms with Crippen LogP contribution in [0.1, 0.15) is 0 Å². The predicted molar refractivity (Wildman–Crippen MR) is 268 cm³/mol. The first-order valence-electron chi connectivity index (χ1n) is 21.7. The highest BCUT2D eigenvalue weighted by atomic mass is 28.3. The van der Waals surface area contributed by atoms with Gasteiger partial charge in [-0.15, -0.1) is 0 Å². The lowest BCUT2D eigenvalue weighted by atomic mass is 9.92. The van der Waals surface area contributed by atoms with Gasteiger partial charge in [-0.1, -0.05) is 193 Å². The van der Waals surface area contributed by atoms with Crippen LogP contribution in [0, 0.1) is 0 Å². The Morgan fingerprint density at radius 1 is 0.349 bits per heavy atom. The molecule has 0 bridgehead atoms. The van der Waals surface area contributed by atoms with Crippen molar-refractivity contribution in [1.29, 1.82) is 0 Å². The van der Waals surface area contributed by atoms with Crippen molar-refractivity contribution < 1.29 is 4.42 Å². The van der Waals surface area contributed by atoms with Gasteiger partial charge in [-0.05, 0) is 108 Å². The van der Waals surface area contributed by atoms with Crippen LogP contribution in [0.25, 0.3) is 87.6 Å². The maximum atomic E-state index is 6.78. The zero-order valence-electron chi connectivity index (χ0n) is 34.3. The Labute approximate surface area is 367 Å². The van der Waals surface area contributed by atoms with Gasteiger partial charge in [-0.3, -0.25) is 0 Å². The molecule has 0 spiro atoms. The standard InChI is InChI=1S/C60H38NOSi/c1-3-14-39(15-4-1)40-26-32-44(33-27-40)61(52-38-43-16-7-8-19-47(43)49-20-9-10-21-50(49)52)45-34-28-41(29-35-45)48-23-13-24-53-58(48)60-54(62-53)36-30-42-31-37-56-59(57(42)60)51-22-11-12-25-55(51)63(56)46-17-5-2-6-18-46/h1-38H. The summed E-state index contributed by atoms with van der Waals surface area (Å²) in [5.41, 5.74) is 12.6. The molecule has 0 N–H and O–H groups in total. The molecule has 0 unspecified atom stereocenters. The SMILES string of the molecule is c1ccc(-c2ccc(N(c3ccc(-c4cccc5oc6ccc7ccc8c(c7c6c45)-c4ccccc4[Si]8c4ccccc4)cc3)c3cc4ccccc4c4ccccc34)cc2)cc1. The molecule has 11 aromatic carbocycles. The zero-order valence-corrected chi connectivity index (χ0v) is 35.3. The van der Waals surface area contributed by atoms with Crippen LogP contribution in [0.2, 0.25) is 0 Å².